The maximum absolute atomic E-state index is 13.0. The molecule has 0 fully saturated rings. The van der Waals surface area contributed by atoms with Crippen LogP contribution in [0.4, 0.5) is 0 Å². The predicted molar refractivity (Wildman–Crippen MR) is 92.1 cm³/mol. The van der Waals surface area contributed by atoms with Gasteiger partial charge in [0.05, 0.1) is 11.0 Å². The molecule has 0 atom stereocenters. The van der Waals surface area contributed by atoms with Gasteiger partial charge in [-0.25, -0.2) is 13.9 Å². The van der Waals surface area contributed by atoms with Crippen molar-refractivity contribution in [3.63, 3.8) is 0 Å². The van der Waals surface area contributed by atoms with Crippen molar-refractivity contribution in [2.45, 2.75) is 10.3 Å². The second-order valence-electron chi connectivity index (χ2n) is 5.05. The SMILES string of the molecule is CSc1nc2ccccc2n1S(=O)(=O)c1ncn(S(=O)(=O)N(C)C)n1. The molecule has 0 N–H and O–H groups in total. The first-order chi connectivity index (χ1) is 11.7. The molecule has 0 spiro atoms. The van der Waals surface area contributed by atoms with E-state index in [2.05, 4.69) is 15.1 Å². The average molecular weight is 402 g/mol. The third-order valence-electron chi connectivity index (χ3n) is 3.29. The number of fused-ring (bicyclic) bond motifs is 1. The Morgan fingerprint density at radius 3 is 2.44 bits per heavy atom. The summed E-state index contributed by atoms with van der Waals surface area (Å²) in [6, 6.07) is 6.71. The van der Waals surface area contributed by atoms with E-state index in [0.29, 0.717) is 15.1 Å². The molecule has 2 aromatic heterocycles. The minimum absolute atomic E-state index is 0.230. The number of aromatic nitrogens is 5. The summed E-state index contributed by atoms with van der Waals surface area (Å²) >= 11 is 1.14. The predicted octanol–water partition coefficient (Wildman–Crippen LogP) is 0.241. The van der Waals surface area contributed by atoms with Gasteiger partial charge in [0, 0.05) is 14.1 Å². The third-order valence-corrected chi connectivity index (χ3v) is 7.12. The summed E-state index contributed by atoms with van der Waals surface area (Å²) in [5, 5.41) is 3.24. The Hall–Kier alpha value is -1.96. The van der Waals surface area contributed by atoms with Crippen molar-refractivity contribution in [3.05, 3.63) is 30.6 Å². The van der Waals surface area contributed by atoms with Crippen molar-refractivity contribution in [1.29, 1.82) is 0 Å². The van der Waals surface area contributed by atoms with Crippen molar-refractivity contribution in [2.75, 3.05) is 20.4 Å². The molecular weight excluding hydrogens is 388 g/mol. The number of hydrogen-bond acceptors (Lipinski definition) is 8. The van der Waals surface area contributed by atoms with Crippen LogP contribution in [-0.2, 0) is 20.2 Å². The molecule has 0 saturated heterocycles. The van der Waals surface area contributed by atoms with Gasteiger partial charge in [-0.05, 0) is 18.4 Å². The van der Waals surface area contributed by atoms with Crippen LogP contribution in [0.5, 0.6) is 0 Å². The summed E-state index contributed by atoms with van der Waals surface area (Å²) in [5.41, 5.74) is 0.856. The fraction of sp³-hybridized carbons (Fsp3) is 0.250. The molecule has 0 amide bonds. The summed E-state index contributed by atoms with van der Waals surface area (Å²) in [4.78, 5) is 7.94. The summed E-state index contributed by atoms with van der Waals surface area (Å²) < 4.78 is 52.5. The van der Waals surface area contributed by atoms with E-state index in [0.717, 1.165) is 26.4 Å². The van der Waals surface area contributed by atoms with Crippen molar-refractivity contribution < 1.29 is 16.8 Å². The van der Waals surface area contributed by atoms with E-state index in [4.69, 9.17) is 0 Å². The zero-order chi connectivity index (χ0) is 18.4. The van der Waals surface area contributed by atoms with Gasteiger partial charge in [0.2, 0.25) is 0 Å². The molecule has 0 bridgehead atoms. The molecule has 0 aliphatic rings. The highest BCUT2D eigenvalue weighted by atomic mass is 32.2. The van der Waals surface area contributed by atoms with Gasteiger partial charge in [0.15, 0.2) is 5.16 Å². The van der Waals surface area contributed by atoms with Crippen LogP contribution < -0.4 is 0 Å². The number of benzene rings is 1. The maximum Gasteiger partial charge on any atom is 0.323 e. The van der Waals surface area contributed by atoms with Gasteiger partial charge >= 0.3 is 20.2 Å². The van der Waals surface area contributed by atoms with Gasteiger partial charge in [0.1, 0.15) is 6.33 Å². The number of rotatable bonds is 5. The maximum atomic E-state index is 13.0. The fourth-order valence-corrected chi connectivity index (χ4v) is 4.96. The zero-order valence-electron chi connectivity index (χ0n) is 13.4. The molecule has 0 aliphatic carbocycles. The molecule has 10 nitrogen and oxygen atoms in total. The Kier molecular flexibility index (Phi) is 4.35. The van der Waals surface area contributed by atoms with Gasteiger partial charge in [0.25, 0.3) is 5.16 Å². The first kappa shape index (κ1) is 17.8. The largest absolute Gasteiger partial charge is 0.323 e. The summed E-state index contributed by atoms with van der Waals surface area (Å²) in [5.74, 6) is 0. The number of para-hydroxylation sites is 2. The van der Waals surface area contributed by atoms with E-state index in [1.807, 2.05) is 0 Å². The highest BCUT2D eigenvalue weighted by Crippen LogP contribution is 2.26. The molecule has 1 aromatic carbocycles. The first-order valence-electron chi connectivity index (χ1n) is 6.81. The molecule has 0 unspecified atom stereocenters. The second-order valence-corrected chi connectivity index (χ2v) is 9.50. The highest BCUT2D eigenvalue weighted by Gasteiger charge is 2.29. The summed E-state index contributed by atoms with van der Waals surface area (Å²) in [6.45, 7) is 0. The summed E-state index contributed by atoms with van der Waals surface area (Å²) in [6.07, 6.45) is 2.54. The lowest BCUT2D eigenvalue weighted by molar-refractivity contribution is 0.502. The molecule has 0 radical (unpaired) electrons. The van der Waals surface area contributed by atoms with Gasteiger partial charge in [-0.2, -0.15) is 21.1 Å². The molecule has 25 heavy (non-hydrogen) atoms. The minimum Gasteiger partial charge on any atom is -0.222 e. The lowest BCUT2D eigenvalue weighted by Gasteiger charge is -2.09. The Bertz CT molecular complexity index is 1150. The van der Waals surface area contributed by atoms with E-state index in [1.165, 1.54) is 14.1 Å². The van der Waals surface area contributed by atoms with Gasteiger partial charge < -0.3 is 0 Å². The molecule has 2 heterocycles. The Balaban J connectivity index is 2.21. The van der Waals surface area contributed by atoms with Crippen molar-refractivity contribution >= 4 is 43.0 Å². The van der Waals surface area contributed by atoms with Crippen LogP contribution in [-0.4, -0.2) is 64.6 Å². The van der Waals surface area contributed by atoms with Crippen molar-refractivity contribution in [1.82, 2.24) is 27.4 Å². The van der Waals surface area contributed by atoms with E-state index >= 15 is 0 Å². The van der Waals surface area contributed by atoms with Crippen molar-refractivity contribution in [2.24, 2.45) is 0 Å². The van der Waals surface area contributed by atoms with Crippen LogP contribution in [0.1, 0.15) is 0 Å². The monoisotopic (exact) mass is 402 g/mol. The van der Waals surface area contributed by atoms with Crippen LogP contribution >= 0.6 is 11.8 Å². The molecule has 3 aromatic rings. The van der Waals surface area contributed by atoms with E-state index in [1.54, 1.807) is 30.5 Å². The van der Waals surface area contributed by atoms with Crippen LogP contribution in [0.3, 0.4) is 0 Å². The molecule has 3 rings (SSSR count). The van der Waals surface area contributed by atoms with Gasteiger partial charge in [-0.1, -0.05) is 23.9 Å². The molecule has 0 saturated carbocycles. The topological polar surface area (TPSA) is 120 Å². The summed E-state index contributed by atoms with van der Waals surface area (Å²) in [7, 11) is -5.57. The minimum atomic E-state index is -4.22. The first-order valence-corrected chi connectivity index (χ1v) is 10.9. The lowest BCUT2D eigenvalue weighted by atomic mass is 10.3. The molecule has 134 valence electrons. The average Bonchev–Trinajstić information content (AvgIpc) is 3.20. The standard InChI is InChI=1S/C12H14N6O4S3/c1-16(2)25(21,22)17-8-13-11(15-17)24(19,20)18-10-7-5-4-6-9(10)14-12(18)23-3/h4-8H,1-3H3. The van der Waals surface area contributed by atoms with E-state index in [-0.39, 0.29) is 5.16 Å². The van der Waals surface area contributed by atoms with Gasteiger partial charge in [-0.15, -0.1) is 9.19 Å². The number of nitrogens with zero attached hydrogens (tertiary/aromatic N) is 6. The number of hydrogen-bond donors (Lipinski definition) is 0. The van der Waals surface area contributed by atoms with Crippen LogP contribution in [0.15, 0.2) is 40.9 Å². The van der Waals surface area contributed by atoms with Crippen molar-refractivity contribution in [3.8, 4) is 0 Å². The lowest BCUT2D eigenvalue weighted by Crippen LogP contribution is -2.29. The third kappa shape index (κ3) is 2.82. The van der Waals surface area contributed by atoms with Crippen LogP contribution in [0.25, 0.3) is 11.0 Å². The Labute approximate surface area is 148 Å². The Morgan fingerprint density at radius 2 is 1.80 bits per heavy atom. The number of imidazole rings is 1. The fourth-order valence-electron chi connectivity index (χ4n) is 2.06. The highest BCUT2D eigenvalue weighted by molar-refractivity contribution is 7.99. The zero-order valence-corrected chi connectivity index (χ0v) is 15.9. The van der Waals surface area contributed by atoms with Gasteiger partial charge in [-0.3, -0.25) is 0 Å². The van der Waals surface area contributed by atoms with E-state index in [9.17, 15) is 16.8 Å². The van der Waals surface area contributed by atoms with E-state index < -0.39 is 25.4 Å². The van der Waals surface area contributed by atoms with Crippen LogP contribution in [0.2, 0.25) is 0 Å². The number of thioether (sulfide) groups is 1. The second kappa shape index (κ2) is 6.09. The molecule has 13 heteroatoms. The molecular formula is C12H14N6O4S3. The quantitative estimate of drug-likeness (QED) is 0.557. The molecule has 0 aliphatic heterocycles. The smallest absolute Gasteiger partial charge is 0.222 e. The normalized spacial score (nSPS) is 13.0. The Morgan fingerprint density at radius 1 is 1.12 bits per heavy atom. The van der Waals surface area contributed by atoms with Crippen LogP contribution in [0, 0.1) is 0 Å².